The van der Waals surface area contributed by atoms with Crippen molar-refractivity contribution in [3.63, 3.8) is 0 Å². The molecular formula is C17H21NO3. The van der Waals surface area contributed by atoms with E-state index in [2.05, 4.69) is 0 Å². The number of aliphatic hydroxyl groups excluding tert-OH is 1. The minimum absolute atomic E-state index is 0.198. The van der Waals surface area contributed by atoms with Crippen LogP contribution in [0, 0.1) is 0 Å². The van der Waals surface area contributed by atoms with Crippen LogP contribution in [0.5, 0.6) is 11.5 Å². The Balaban J connectivity index is 1.92. The first-order valence-corrected chi connectivity index (χ1v) is 6.96. The fourth-order valence-electron chi connectivity index (χ4n) is 2.04. The maximum absolute atomic E-state index is 10.1. The molecule has 0 fully saturated rings. The molecule has 0 aliphatic carbocycles. The van der Waals surface area contributed by atoms with Gasteiger partial charge >= 0.3 is 0 Å². The molecule has 0 aliphatic rings. The summed E-state index contributed by atoms with van der Waals surface area (Å²) in [7, 11) is 1.60. The molecule has 0 aromatic heterocycles. The molecule has 21 heavy (non-hydrogen) atoms. The number of hydrogen-bond acceptors (Lipinski definition) is 4. The molecule has 0 radical (unpaired) electrons. The fraction of sp³-hybridized carbons (Fsp3) is 0.294. The van der Waals surface area contributed by atoms with E-state index in [1.807, 2.05) is 42.5 Å². The number of nitrogens with two attached hydrogens (primary N) is 1. The van der Waals surface area contributed by atoms with Crippen molar-refractivity contribution < 1.29 is 14.6 Å². The summed E-state index contributed by atoms with van der Waals surface area (Å²) in [4.78, 5) is 0. The third kappa shape index (κ3) is 4.48. The Hall–Kier alpha value is -2.04. The van der Waals surface area contributed by atoms with E-state index in [0.717, 1.165) is 23.5 Å². The Bertz CT molecular complexity index is 554. The molecule has 0 saturated heterocycles. The molecule has 0 aliphatic heterocycles. The van der Waals surface area contributed by atoms with Crippen molar-refractivity contribution >= 4 is 0 Å². The Morgan fingerprint density at radius 3 is 2.52 bits per heavy atom. The summed E-state index contributed by atoms with van der Waals surface area (Å²) in [5, 5.41) is 10.1. The lowest BCUT2D eigenvalue weighted by atomic mass is 10.1. The summed E-state index contributed by atoms with van der Waals surface area (Å²) < 4.78 is 10.7. The van der Waals surface area contributed by atoms with E-state index in [1.165, 1.54) is 5.56 Å². The second-order valence-corrected chi connectivity index (χ2v) is 4.79. The SMILES string of the molecule is COc1cccc(C(O)COc2ccc(CCN)cc2)c1. The van der Waals surface area contributed by atoms with Gasteiger partial charge < -0.3 is 20.3 Å². The monoisotopic (exact) mass is 287 g/mol. The standard InChI is InChI=1S/C17H21NO3/c1-20-16-4-2-3-14(11-16)17(19)12-21-15-7-5-13(6-8-15)9-10-18/h2-8,11,17,19H,9-10,12,18H2,1H3. The average molecular weight is 287 g/mol. The number of ether oxygens (including phenoxy) is 2. The number of methoxy groups -OCH3 is 1. The molecule has 0 amide bonds. The van der Waals surface area contributed by atoms with Gasteiger partial charge in [-0.3, -0.25) is 0 Å². The van der Waals surface area contributed by atoms with Crippen LogP contribution >= 0.6 is 0 Å². The largest absolute Gasteiger partial charge is 0.497 e. The lowest BCUT2D eigenvalue weighted by Crippen LogP contribution is -2.10. The zero-order chi connectivity index (χ0) is 15.1. The van der Waals surface area contributed by atoms with Crippen LogP contribution in [-0.4, -0.2) is 25.4 Å². The van der Waals surface area contributed by atoms with Gasteiger partial charge in [-0.1, -0.05) is 24.3 Å². The van der Waals surface area contributed by atoms with Crippen LogP contribution in [0.15, 0.2) is 48.5 Å². The molecule has 0 bridgehead atoms. The highest BCUT2D eigenvalue weighted by atomic mass is 16.5. The maximum Gasteiger partial charge on any atom is 0.119 e. The van der Waals surface area contributed by atoms with Crippen molar-refractivity contribution in [3.05, 3.63) is 59.7 Å². The zero-order valence-electron chi connectivity index (χ0n) is 12.2. The van der Waals surface area contributed by atoms with Crippen LogP contribution in [0.4, 0.5) is 0 Å². The molecule has 4 nitrogen and oxygen atoms in total. The molecule has 1 unspecified atom stereocenters. The third-order valence-electron chi connectivity index (χ3n) is 3.24. The molecule has 0 saturated carbocycles. The van der Waals surface area contributed by atoms with Crippen LogP contribution in [0.1, 0.15) is 17.2 Å². The van der Waals surface area contributed by atoms with Crippen molar-refractivity contribution in [1.82, 2.24) is 0 Å². The van der Waals surface area contributed by atoms with Crippen LogP contribution in [0.3, 0.4) is 0 Å². The van der Waals surface area contributed by atoms with Gasteiger partial charge in [0.15, 0.2) is 0 Å². The van der Waals surface area contributed by atoms with Crippen LogP contribution in [0.25, 0.3) is 0 Å². The molecule has 112 valence electrons. The molecule has 1 atom stereocenters. The highest BCUT2D eigenvalue weighted by molar-refractivity contribution is 5.30. The van der Waals surface area contributed by atoms with E-state index in [9.17, 15) is 5.11 Å². The Labute approximate surface area is 125 Å². The van der Waals surface area contributed by atoms with E-state index in [0.29, 0.717) is 6.54 Å². The molecule has 0 heterocycles. The van der Waals surface area contributed by atoms with E-state index < -0.39 is 6.10 Å². The van der Waals surface area contributed by atoms with E-state index in [-0.39, 0.29) is 6.61 Å². The predicted octanol–water partition coefficient (Wildman–Crippen LogP) is 2.31. The van der Waals surface area contributed by atoms with E-state index in [4.69, 9.17) is 15.2 Å². The van der Waals surface area contributed by atoms with Gasteiger partial charge in [0.1, 0.15) is 24.2 Å². The van der Waals surface area contributed by atoms with Gasteiger partial charge in [-0.25, -0.2) is 0 Å². The van der Waals surface area contributed by atoms with Crippen molar-refractivity contribution in [1.29, 1.82) is 0 Å². The lowest BCUT2D eigenvalue weighted by Gasteiger charge is -2.14. The second-order valence-electron chi connectivity index (χ2n) is 4.79. The Kier molecular flexibility index (Phi) is 5.60. The van der Waals surface area contributed by atoms with Crippen molar-refractivity contribution in [2.24, 2.45) is 5.73 Å². The minimum atomic E-state index is -0.691. The molecule has 3 N–H and O–H groups in total. The maximum atomic E-state index is 10.1. The Morgan fingerprint density at radius 2 is 1.86 bits per heavy atom. The average Bonchev–Trinajstić information content (AvgIpc) is 2.54. The van der Waals surface area contributed by atoms with Gasteiger partial charge in [-0.15, -0.1) is 0 Å². The Morgan fingerprint density at radius 1 is 1.10 bits per heavy atom. The number of rotatable bonds is 7. The first-order chi connectivity index (χ1) is 10.2. The zero-order valence-corrected chi connectivity index (χ0v) is 12.2. The highest BCUT2D eigenvalue weighted by Crippen LogP contribution is 2.20. The molecule has 2 aromatic rings. The van der Waals surface area contributed by atoms with E-state index >= 15 is 0 Å². The van der Waals surface area contributed by atoms with Gasteiger partial charge in [0.25, 0.3) is 0 Å². The van der Waals surface area contributed by atoms with Crippen LogP contribution in [-0.2, 0) is 6.42 Å². The summed E-state index contributed by atoms with van der Waals surface area (Å²) in [6.07, 6.45) is 0.163. The lowest BCUT2D eigenvalue weighted by molar-refractivity contribution is 0.108. The van der Waals surface area contributed by atoms with Gasteiger partial charge in [0.05, 0.1) is 7.11 Å². The predicted molar refractivity (Wildman–Crippen MR) is 82.6 cm³/mol. The fourth-order valence-corrected chi connectivity index (χ4v) is 2.04. The second kappa shape index (κ2) is 7.67. The van der Waals surface area contributed by atoms with Gasteiger partial charge in [0, 0.05) is 0 Å². The van der Waals surface area contributed by atoms with Gasteiger partial charge in [0.2, 0.25) is 0 Å². The summed E-state index contributed by atoms with van der Waals surface area (Å²) in [5.41, 5.74) is 7.46. The highest BCUT2D eigenvalue weighted by Gasteiger charge is 2.09. The quantitative estimate of drug-likeness (QED) is 0.820. The van der Waals surface area contributed by atoms with Crippen molar-refractivity contribution in [2.75, 3.05) is 20.3 Å². The molecular weight excluding hydrogens is 266 g/mol. The first kappa shape index (κ1) is 15.4. The number of benzene rings is 2. The summed E-state index contributed by atoms with van der Waals surface area (Å²) in [6.45, 7) is 0.832. The summed E-state index contributed by atoms with van der Waals surface area (Å²) >= 11 is 0. The molecule has 2 aromatic carbocycles. The molecule has 2 rings (SSSR count). The first-order valence-electron chi connectivity index (χ1n) is 6.96. The van der Waals surface area contributed by atoms with Crippen molar-refractivity contribution in [3.8, 4) is 11.5 Å². The topological polar surface area (TPSA) is 64.7 Å². The molecule has 4 heteroatoms. The third-order valence-corrected chi connectivity index (χ3v) is 3.24. The summed E-state index contributed by atoms with van der Waals surface area (Å²) in [6, 6.07) is 15.1. The molecule has 0 spiro atoms. The summed E-state index contributed by atoms with van der Waals surface area (Å²) in [5.74, 6) is 1.45. The van der Waals surface area contributed by atoms with Crippen LogP contribution < -0.4 is 15.2 Å². The van der Waals surface area contributed by atoms with Crippen molar-refractivity contribution in [2.45, 2.75) is 12.5 Å². The minimum Gasteiger partial charge on any atom is -0.497 e. The van der Waals surface area contributed by atoms with Crippen LogP contribution in [0.2, 0.25) is 0 Å². The van der Waals surface area contributed by atoms with Gasteiger partial charge in [-0.2, -0.15) is 0 Å². The smallest absolute Gasteiger partial charge is 0.119 e. The van der Waals surface area contributed by atoms with Gasteiger partial charge in [-0.05, 0) is 48.4 Å². The normalized spacial score (nSPS) is 12.0. The number of hydrogen-bond donors (Lipinski definition) is 2. The number of aliphatic hydroxyl groups is 1. The van der Waals surface area contributed by atoms with E-state index in [1.54, 1.807) is 13.2 Å².